The van der Waals surface area contributed by atoms with E-state index in [1.54, 1.807) is 0 Å². The van der Waals surface area contributed by atoms with Gasteiger partial charge in [0.25, 0.3) is 5.30 Å². The van der Waals surface area contributed by atoms with E-state index in [0.29, 0.717) is 30.7 Å². The lowest BCUT2D eigenvalue weighted by atomic mass is 10.1. The number of hydrogen-bond donors (Lipinski definition) is 0. The summed E-state index contributed by atoms with van der Waals surface area (Å²) >= 11 is 11.4. The van der Waals surface area contributed by atoms with Gasteiger partial charge in [-0.25, -0.2) is 4.98 Å². The summed E-state index contributed by atoms with van der Waals surface area (Å²) in [7, 11) is -2.59. The SMILES string of the molecule is CCCc1cc([N+](=O)[O-])c([P+](=O)Cl)cc1Oc1ncc(C(F)(F)F)cc1Cl. The van der Waals surface area contributed by atoms with E-state index in [9.17, 15) is 27.9 Å². The van der Waals surface area contributed by atoms with E-state index in [1.165, 1.54) is 6.07 Å². The third kappa shape index (κ3) is 5.06. The van der Waals surface area contributed by atoms with Crippen LogP contribution >= 0.6 is 30.0 Å². The quantitative estimate of drug-likeness (QED) is 0.311. The second-order valence-electron chi connectivity index (χ2n) is 5.31. The second-order valence-corrected chi connectivity index (χ2v) is 7.61. The molecular formula is C15H11Cl2F3N2O4P+. The molecule has 2 rings (SSSR count). The lowest BCUT2D eigenvalue weighted by Crippen LogP contribution is -2.08. The first-order valence-electron chi connectivity index (χ1n) is 7.39. The minimum atomic E-state index is -4.62. The number of nitro benzene ring substituents is 1. The first kappa shape index (κ1) is 21.3. The number of nitro groups is 1. The molecule has 0 saturated carbocycles. The summed E-state index contributed by atoms with van der Waals surface area (Å²) in [5.74, 6) is -0.303. The maximum absolute atomic E-state index is 12.7. The topological polar surface area (TPSA) is 82.3 Å². The van der Waals surface area contributed by atoms with Crippen molar-refractivity contribution >= 4 is 41.0 Å². The molecule has 1 unspecified atom stereocenters. The molecule has 0 radical (unpaired) electrons. The van der Waals surface area contributed by atoms with Gasteiger partial charge in [0, 0.05) is 23.9 Å². The van der Waals surface area contributed by atoms with Crippen LogP contribution < -0.4 is 10.0 Å². The molecule has 0 saturated heterocycles. The Morgan fingerprint density at radius 2 is 2.00 bits per heavy atom. The van der Waals surface area contributed by atoms with Gasteiger partial charge < -0.3 is 4.74 Å². The standard InChI is InChI=1S/C15H11Cl2F3N2O4P/c1-2-3-8-4-11(22(23)24)13(27(17)25)6-12(8)26-14-10(16)5-9(7-21-14)15(18,19)20/h4-7H,2-3H2,1H3/q+1. The third-order valence-electron chi connectivity index (χ3n) is 3.40. The first-order valence-corrected chi connectivity index (χ1v) is 9.93. The van der Waals surface area contributed by atoms with Crippen molar-refractivity contribution in [3.63, 3.8) is 0 Å². The van der Waals surface area contributed by atoms with Crippen molar-refractivity contribution in [2.75, 3.05) is 0 Å². The van der Waals surface area contributed by atoms with Crippen LogP contribution in [0.25, 0.3) is 0 Å². The summed E-state index contributed by atoms with van der Waals surface area (Å²) < 4.78 is 55.2. The highest BCUT2D eigenvalue weighted by Crippen LogP contribution is 2.38. The Balaban J connectivity index is 2.53. The Kier molecular flexibility index (Phi) is 6.62. The molecule has 1 aromatic heterocycles. The summed E-state index contributed by atoms with van der Waals surface area (Å²) in [4.78, 5) is 14.0. The first-order chi connectivity index (χ1) is 12.5. The Hall–Kier alpha value is -1.96. The molecule has 0 aliphatic carbocycles. The van der Waals surface area contributed by atoms with Crippen molar-refractivity contribution < 1.29 is 27.4 Å². The molecule has 1 atom stereocenters. The number of ether oxygens (including phenoxy) is 1. The van der Waals surface area contributed by atoms with E-state index in [-0.39, 0.29) is 16.9 Å². The van der Waals surface area contributed by atoms with E-state index < -0.39 is 34.5 Å². The molecule has 0 bridgehead atoms. The van der Waals surface area contributed by atoms with Crippen molar-refractivity contribution in [2.24, 2.45) is 0 Å². The van der Waals surface area contributed by atoms with Gasteiger partial charge in [-0.15, -0.1) is 0 Å². The van der Waals surface area contributed by atoms with Crippen molar-refractivity contribution in [2.45, 2.75) is 25.9 Å². The molecule has 2 aromatic rings. The molecule has 0 aliphatic heterocycles. The van der Waals surface area contributed by atoms with E-state index >= 15 is 0 Å². The van der Waals surface area contributed by atoms with Gasteiger partial charge in [0.2, 0.25) is 17.1 Å². The fraction of sp³-hybridized carbons (Fsp3) is 0.267. The van der Waals surface area contributed by atoms with E-state index in [2.05, 4.69) is 4.98 Å². The maximum Gasteiger partial charge on any atom is 0.501 e. The largest absolute Gasteiger partial charge is 0.501 e. The van der Waals surface area contributed by atoms with Gasteiger partial charge in [-0.1, -0.05) is 24.9 Å². The monoisotopic (exact) mass is 441 g/mol. The van der Waals surface area contributed by atoms with Crippen LogP contribution in [0, 0.1) is 10.1 Å². The number of nitrogens with zero attached hydrogens (tertiary/aromatic N) is 2. The van der Waals surface area contributed by atoms with Crippen LogP contribution in [0.4, 0.5) is 18.9 Å². The van der Waals surface area contributed by atoms with Crippen LogP contribution in [0.5, 0.6) is 11.6 Å². The van der Waals surface area contributed by atoms with Gasteiger partial charge in [-0.2, -0.15) is 13.2 Å². The number of benzene rings is 1. The molecule has 0 fully saturated rings. The van der Waals surface area contributed by atoms with Crippen LogP contribution in [0.2, 0.25) is 5.02 Å². The fourth-order valence-electron chi connectivity index (χ4n) is 2.21. The zero-order valence-electron chi connectivity index (χ0n) is 13.6. The van der Waals surface area contributed by atoms with E-state index in [4.69, 9.17) is 27.6 Å². The van der Waals surface area contributed by atoms with Crippen LogP contribution in [0.3, 0.4) is 0 Å². The minimum absolute atomic E-state index is 0.0237. The number of hydrogen-bond acceptors (Lipinski definition) is 5. The molecule has 0 spiro atoms. The molecule has 12 heteroatoms. The predicted molar refractivity (Wildman–Crippen MR) is 94.5 cm³/mol. The number of rotatable bonds is 6. The van der Waals surface area contributed by atoms with E-state index in [1.807, 2.05) is 6.92 Å². The molecule has 144 valence electrons. The van der Waals surface area contributed by atoms with Crippen molar-refractivity contribution in [3.05, 3.63) is 50.7 Å². The number of alkyl halides is 3. The molecule has 1 aromatic carbocycles. The van der Waals surface area contributed by atoms with Crippen LogP contribution in [-0.4, -0.2) is 9.91 Å². The number of aryl methyl sites for hydroxylation is 1. The molecular weight excluding hydrogens is 431 g/mol. The fourth-order valence-corrected chi connectivity index (χ4v) is 3.36. The predicted octanol–water partition coefficient (Wildman–Crippen LogP) is 6.01. The summed E-state index contributed by atoms with van der Waals surface area (Å²) in [6.07, 6.45) is -3.13. The highest BCUT2D eigenvalue weighted by atomic mass is 35.7. The zero-order chi connectivity index (χ0) is 20.4. The average molecular weight is 442 g/mol. The number of halogens is 5. The molecule has 6 nitrogen and oxygen atoms in total. The van der Waals surface area contributed by atoms with Gasteiger partial charge in [-0.3, -0.25) is 10.1 Å². The Morgan fingerprint density at radius 1 is 1.33 bits per heavy atom. The zero-order valence-corrected chi connectivity index (χ0v) is 16.0. The van der Waals surface area contributed by atoms with Gasteiger partial charge in [0.15, 0.2) is 0 Å². The average Bonchev–Trinajstić information content (AvgIpc) is 2.56. The van der Waals surface area contributed by atoms with Crippen LogP contribution in [0.1, 0.15) is 24.5 Å². The Morgan fingerprint density at radius 3 is 2.48 bits per heavy atom. The molecule has 0 amide bonds. The van der Waals surface area contributed by atoms with Crippen molar-refractivity contribution in [1.29, 1.82) is 0 Å². The Labute approximate surface area is 162 Å². The molecule has 1 heterocycles. The van der Waals surface area contributed by atoms with Crippen LogP contribution in [0.15, 0.2) is 24.4 Å². The summed E-state index contributed by atoms with van der Waals surface area (Å²) in [5, 5.41) is 10.5. The highest BCUT2D eigenvalue weighted by Gasteiger charge is 2.34. The lowest BCUT2D eigenvalue weighted by Gasteiger charge is -2.12. The normalized spacial score (nSPS) is 12.0. The molecule has 0 N–H and O–H groups in total. The smallest absolute Gasteiger partial charge is 0.437 e. The van der Waals surface area contributed by atoms with Gasteiger partial charge in [0.1, 0.15) is 10.8 Å². The summed E-state index contributed by atoms with van der Waals surface area (Å²) in [6, 6.07) is 2.93. The van der Waals surface area contributed by atoms with Crippen LogP contribution in [-0.2, 0) is 17.2 Å². The summed E-state index contributed by atoms with van der Waals surface area (Å²) in [6.45, 7) is 1.81. The van der Waals surface area contributed by atoms with Crippen molar-refractivity contribution in [3.8, 4) is 11.6 Å². The van der Waals surface area contributed by atoms with Gasteiger partial charge in [0.05, 0.1) is 10.5 Å². The second kappa shape index (κ2) is 8.37. The van der Waals surface area contributed by atoms with Gasteiger partial charge >= 0.3 is 19.0 Å². The molecule has 0 aliphatic rings. The number of pyridine rings is 1. The number of aromatic nitrogens is 1. The third-order valence-corrected chi connectivity index (χ3v) is 4.96. The highest BCUT2D eigenvalue weighted by molar-refractivity contribution is 7.80. The summed E-state index contributed by atoms with van der Waals surface area (Å²) in [5.41, 5.74) is -1.12. The van der Waals surface area contributed by atoms with Crippen molar-refractivity contribution in [1.82, 2.24) is 4.98 Å². The molecule has 27 heavy (non-hydrogen) atoms. The van der Waals surface area contributed by atoms with E-state index in [0.717, 1.165) is 6.07 Å². The lowest BCUT2D eigenvalue weighted by molar-refractivity contribution is -0.383. The minimum Gasteiger partial charge on any atom is -0.437 e. The van der Waals surface area contributed by atoms with Gasteiger partial charge in [-0.05, 0) is 17.1 Å². The Bertz CT molecular complexity index is 909. The maximum atomic E-state index is 12.7.